The number of aromatic nitrogens is 1. The number of halogens is 4. The number of hydrogen-bond acceptors (Lipinski definition) is 2. The molecule has 0 aliphatic carbocycles. The van der Waals surface area contributed by atoms with Crippen LogP contribution in [0.4, 0.5) is 13.2 Å². The Morgan fingerprint density at radius 1 is 0.935 bits per heavy atom. The fourth-order valence-electron chi connectivity index (χ4n) is 3.48. The standard InChI is InChI=1S/C24H17ClF3NO2/c1-14-22(29-21-11-8-18(25)13-20(21)23(14)30)17-6-2-15(3-7-17)12-16-4-9-19(10-5-16)31-24(26,27)28/h2-11,13H,12H2,1H3,(H,29,30). The van der Waals surface area contributed by atoms with E-state index in [-0.39, 0.29) is 11.2 Å². The van der Waals surface area contributed by atoms with Crippen molar-refractivity contribution < 1.29 is 17.9 Å². The monoisotopic (exact) mass is 443 g/mol. The first-order chi connectivity index (χ1) is 14.7. The van der Waals surface area contributed by atoms with Crippen LogP contribution in [0.25, 0.3) is 22.2 Å². The number of hydrogen-bond donors (Lipinski definition) is 1. The Bertz CT molecular complexity index is 1290. The molecule has 4 aromatic rings. The molecule has 0 radical (unpaired) electrons. The van der Waals surface area contributed by atoms with E-state index in [2.05, 4.69) is 9.72 Å². The third-order valence-corrected chi connectivity index (χ3v) is 5.24. The van der Waals surface area contributed by atoms with Crippen molar-refractivity contribution in [2.75, 3.05) is 0 Å². The van der Waals surface area contributed by atoms with E-state index in [9.17, 15) is 18.0 Å². The van der Waals surface area contributed by atoms with Crippen LogP contribution in [-0.4, -0.2) is 11.3 Å². The Morgan fingerprint density at radius 2 is 1.55 bits per heavy atom. The maximum atomic E-state index is 12.7. The van der Waals surface area contributed by atoms with Crippen LogP contribution in [0.5, 0.6) is 5.75 Å². The number of alkyl halides is 3. The van der Waals surface area contributed by atoms with Gasteiger partial charge in [-0.25, -0.2) is 0 Å². The van der Waals surface area contributed by atoms with Crippen molar-refractivity contribution in [1.82, 2.24) is 4.98 Å². The van der Waals surface area contributed by atoms with Gasteiger partial charge in [0.25, 0.3) is 0 Å². The topological polar surface area (TPSA) is 42.1 Å². The van der Waals surface area contributed by atoms with Crippen LogP contribution in [0, 0.1) is 6.92 Å². The summed E-state index contributed by atoms with van der Waals surface area (Å²) in [5, 5.41) is 1.05. The zero-order valence-electron chi connectivity index (χ0n) is 16.4. The zero-order chi connectivity index (χ0) is 22.2. The number of rotatable bonds is 4. The predicted octanol–water partition coefficient (Wildman–Crippen LogP) is 6.65. The highest BCUT2D eigenvalue weighted by Gasteiger charge is 2.30. The van der Waals surface area contributed by atoms with E-state index in [4.69, 9.17) is 11.6 Å². The fourth-order valence-corrected chi connectivity index (χ4v) is 3.65. The van der Waals surface area contributed by atoms with Crippen LogP contribution < -0.4 is 10.2 Å². The summed E-state index contributed by atoms with van der Waals surface area (Å²) in [7, 11) is 0. The molecule has 0 amide bonds. The van der Waals surface area contributed by atoms with Gasteiger partial charge in [0.1, 0.15) is 5.75 Å². The van der Waals surface area contributed by atoms with Crippen molar-refractivity contribution in [1.29, 1.82) is 0 Å². The van der Waals surface area contributed by atoms with Gasteiger partial charge >= 0.3 is 6.36 Å². The number of benzene rings is 3. The Labute approximate surface area is 181 Å². The van der Waals surface area contributed by atoms with E-state index in [0.29, 0.717) is 27.9 Å². The zero-order valence-corrected chi connectivity index (χ0v) is 17.1. The van der Waals surface area contributed by atoms with E-state index in [1.807, 2.05) is 24.3 Å². The second-order valence-corrected chi connectivity index (χ2v) is 7.65. The van der Waals surface area contributed by atoms with Gasteiger partial charge in [0.05, 0.1) is 5.69 Å². The third kappa shape index (κ3) is 4.75. The molecule has 0 fully saturated rings. The summed E-state index contributed by atoms with van der Waals surface area (Å²) in [5.74, 6) is -0.247. The molecule has 3 nitrogen and oxygen atoms in total. The lowest BCUT2D eigenvalue weighted by atomic mass is 10.00. The van der Waals surface area contributed by atoms with Crippen molar-refractivity contribution >= 4 is 22.5 Å². The molecule has 4 rings (SSSR count). The Morgan fingerprint density at radius 3 is 2.16 bits per heavy atom. The molecule has 0 unspecified atom stereocenters. The molecule has 0 bridgehead atoms. The molecule has 1 aromatic heterocycles. The smallest absolute Gasteiger partial charge is 0.406 e. The van der Waals surface area contributed by atoms with Gasteiger partial charge in [-0.1, -0.05) is 48.0 Å². The second-order valence-electron chi connectivity index (χ2n) is 7.21. The quantitative estimate of drug-likeness (QED) is 0.384. The number of pyridine rings is 1. The molecule has 0 aliphatic rings. The number of aromatic amines is 1. The van der Waals surface area contributed by atoms with Gasteiger partial charge in [-0.3, -0.25) is 4.79 Å². The van der Waals surface area contributed by atoms with Crippen LogP contribution in [-0.2, 0) is 6.42 Å². The molecular weight excluding hydrogens is 427 g/mol. The Balaban J connectivity index is 1.57. The summed E-state index contributed by atoms with van der Waals surface area (Å²) in [4.78, 5) is 16.0. The van der Waals surface area contributed by atoms with E-state index >= 15 is 0 Å². The summed E-state index contributed by atoms with van der Waals surface area (Å²) in [5.41, 5.74) is 4.68. The summed E-state index contributed by atoms with van der Waals surface area (Å²) < 4.78 is 40.7. The van der Waals surface area contributed by atoms with E-state index in [1.165, 1.54) is 12.1 Å². The average Bonchev–Trinajstić information content (AvgIpc) is 2.72. The summed E-state index contributed by atoms with van der Waals surface area (Å²) in [6.45, 7) is 1.77. The van der Waals surface area contributed by atoms with Crippen LogP contribution in [0.2, 0.25) is 5.02 Å². The van der Waals surface area contributed by atoms with Gasteiger partial charge in [-0.15, -0.1) is 13.2 Å². The van der Waals surface area contributed by atoms with Crippen LogP contribution >= 0.6 is 11.6 Å². The summed E-state index contributed by atoms with van der Waals surface area (Å²) in [6, 6.07) is 18.6. The minimum Gasteiger partial charge on any atom is -0.406 e. The van der Waals surface area contributed by atoms with Crippen molar-refractivity contribution in [2.45, 2.75) is 19.7 Å². The van der Waals surface area contributed by atoms with Gasteiger partial charge < -0.3 is 9.72 Å². The molecule has 0 saturated heterocycles. The summed E-state index contributed by atoms with van der Waals surface area (Å²) >= 11 is 6.01. The first-order valence-corrected chi connectivity index (χ1v) is 9.83. The number of nitrogens with one attached hydrogen (secondary N) is 1. The van der Waals surface area contributed by atoms with E-state index in [0.717, 1.165) is 22.4 Å². The van der Waals surface area contributed by atoms with Gasteiger partial charge in [0.2, 0.25) is 0 Å². The molecule has 3 aromatic carbocycles. The minimum atomic E-state index is -4.70. The number of fused-ring (bicyclic) bond motifs is 1. The normalized spacial score (nSPS) is 11.6. The molecule has 0 aliphatic heterocycles. The highest BCUT2D eigenvalue weighted by Crippen LogP contribution is 2.26. The van der Waals surface area contributed by atoms with Crippen molar-refractivity contribution in [3.8, 4) is 17.0 Å². The molecular formula is C24H17ClF3NO2. The highest BCUT2D eigenvalue weighted by molar-refractivity contribution is 6.31. The second kappa shape index (κ2) is 8.12. The van der Waals surface area contributed by atoms with Crippen LogP contribution in [0.3, 0.4) is 0 Å². The van der Waals surface area contributed by atoms with Crippen molar-refractivity contribution in [2.24, 2.45) is 0 Å². The Hall–Kier alpha value is -3.25. The van der Waals surface area contributed by atoms with Gasteiger partial charge in [0.15, 0.2) is 5.43 Å². The SMILES string of the molecule is Cc1c(-c2ccc(Cc3ccc(OC(F)(F)F)cc3)cc2)[nH]c2ccc(Cl)cc2c1=O. The van der Waals surface area contributed by atoms with Gasteiger partial charge in [-0.2, -0.15) is 0 Å². The molecule has 0 saturated carbocycles. The average molecular weight is 444 g/mol. The summed E-state index contributed by atoms with van der Waals surface area (Å²) in [6.07, 6.45) is -4.15. The molecule has 0 spiro atoms. The van der Waals surface area contributed by atoms with Crippen molar-refractivity contribution in [3.63, 3.8) is 0 Å². The number of H-pyrrole nitrogens is 1. The van der Waals surface area contributed by atoms with E-state index in [1.54, 1.807) is 37.3 Å². The molecule has 31 heavy (non-hydrogen) atoms. The first kappa shape index (κ1) is 21.0. The van der Waals surface area contributed by atoms with Crippen LogP contribution in [0.15, 0.2) is 71.5 Å². The number of ether oxygens (including phenoxy) is 1. The molecule has 158 valence electrons. The maximum Gasteiger partial charge on any atom is 0.573 e. The first-order valence-electron chi connectivity index (χ1n) is 9.46. The third-order valence-electron chi connectivity index (χ3n) is 5.01. The molecule has 1 N–H and O–H groups in total. The van der Waals surface area contributed by atoms with Crippen molar-refractivity contribution in [3.05, 3.63) is 98.7 Å². The van der Waals surface area contributed by atoms with Gasteiger partial charge in [0, 0.05) is 21.5 Å². The molecule has 0 atom stereocenters. The lowest BCUT2D eigenvalue weighted by Gasteiger charge is -2.11. The lowest BCUT2D eigenvalue weighted by Crippen LogP contribution is -2.17. The molecule has 1 heterocycles. The fraction of sp³-hybridized carbons (Fsp3) is 0.125. The largest absolute Gasteiger partial charge is 0.573 e. The van der Waals surface area contributed by atoms with Crippen LogP contribution in [0.1, 0.15) is 16.7 Å². The maximum absolute atomic E-state index is 12.7. The predicted molar refractivity (Wildman–Crippen MR) is 116 cm³/mol. The minimum absolute atomic E-state index is 0.0727. The van der Waals surface area contributed by atoms with Gasteiger partial charge in [-0.05, 0) is 60.4 Å². The van der Waals surface area contributed by atoms with E-state index < -0.39 is 6.36 Å². The Kier molecular flexibility index (Phi) is 5.50. The lowest BCUT2D eigenvalue weighted by molar-refractivity contribution is -0.274. The molecule has 7 heteroatoms. The highest BCUT2D eigenvalue weighted by atomic mass is 35.5.